The van der Waals surface area contributed by atoms with E-state index in [1.165, 1.54) is 0 Å². The van der Waals surface area contributed by atoms with Crippen LogP contribution in [0, 0.1) is 0 Å². The third kappa shape index (κ3) is 2.21. The molecule has 0 aliphatic rings. The second-order valence-electron chi connectivity index (χ2n) is 4.54. The number of nitrogens with one attached hydrogen (secondary N) is 1. The minimum absolute atomic E-state index is 0.0611. The summed E-state index contributed by atoms with van der Waals surface area (Å²) in [6, 6.07) is 12.1. The molecule has 1 N–H and O–H groups in total. The summed E-state index contributed by atoms with van der Waals surface area (Å²) in [6.45, 7) is 0. The van der Waals surface area contributed by atoms with Crippen LogP contribution < -0.4 is 5.32 Å². The summed E-state index contributed by atoms with van der Waals surface area (Å²) in [5.41, 5.74) is 2.88. The van der Waals surface area contributed by atoms with E-state index in [2.05, 4.69) is 43.7 Å². The van der Waals surface area contributed by atoms with E-state index >= 15 is 0 Å². The van der Waals surface area contributed by atoms with E-state index in [1.807, 2.05) is 38.4 Å². The van der Waals surface area contributed by atoms with Gasteiger partial charge in [-0.05, 0) is 35.1 Å². The molecule has 3 aromatic rings. The van der Waals surface area contributed by atoms with Crippen molar-refractivity contribution in [2.24, 2.45) is 7.05 Å². The molecule has 0 saturated carbocycles. The lowest BCUT2D eigenvalue weighted by Crippen LogP contribution is -2.22. The number of aromatic nitrogens is 4. The van der Waals surface area contributed by atoms with Gasteiger partial charge in [0.1, 0.15) is 0 Å². The van der Waals surface area contributed by atoms with Crippen molar-refractivity contribution < 1.29 is 0 Å². The Morgan fingerprint density at radius 3 is 2.70 bits per heavy atom. The van der Waals surface area contributed by atoms with Crippen LogP contribution in [0.3, 0.4) is 0 Å². The van der Waals surface area contributed by atoms with E-state index in [4.69, 9.17) is 4.98 Å². The Kier molecular flexibility index (Phi) is 3.50. The van der Waals surface area contributed by atoms with Gasteiger partial charge in [-0.25, -0.2) is 4.68 Å². The van der Waals surface area contributed by atoms with Crippen molar-refractivity contribution in [2.75, 3.05) is 7.05 Å². The highest BCUT2D eigenvalue weighted by Crippen LogP contribution is 2.26. The van der Waals surface area contributed by atoms with Crippen LogP contribution in [0.4, 0.5) is 0 Å². The maximum atomic E-state index is 4.73. The van der Waals surface area contributed by atoms with Crippen molar-refractivity contribution in [3.63, 3.8) is 0 Å². The van der Waals surface area contributed by atoms with Gasteiger partial charge in [0.05, 0.1) is 22.9 Å². The number of hydrogen-bond donors (Lipinski definition) is 1. The average molecular weight is 332 g/mol. The molecule has 102 valence electrons. The summed E-state index contributed by atoms with van der Waals surface area (Å²) in [6.07, 6.45) is 0. The Hall–Kier alpha value is -1.79. The molecule has 0 amide bonds. The first-order chi connectivity index (χ1) is 9.70. The van der Waals surface area contributed by atoms with Gasteiger partial charge in [0, 0.05) is 12.4 Å². The number of benzene rings is 1. The van der Waals surface area contributed by atoms with Gasteiger partial charge in [0.25, 0.3) is 0 Å². The molecule has 0 aliphatic heterocycles. The standard InChI is InChI=1S/C14H14BrN5/c1-16-12(13-14(15)18-19-20(13)2)11-8-7-9-5-3-4-6-10(9)17-11/h3-8,12,16H,1-2H3. The van der Waals surface area contributed by atoms with Crippen molar-refractivity contribution in [2.45, 2.75) is 6.04 Å². The summed E-state index contributed by atoms with van der Waals surface area (Å²) in [7, 11) is 3.78. The monoisotopic (exact) mass is 331 g/mol. The molecular weight excluding hydrogens is 318 g/mol. The predicted octanol–water partition coefficient (Wildman–Crippen LogP) is 2.43. The van der Waals surface area contributed by atoms with E-state index in [1.54, 1.807) is 4.68 Å². The van der Waals surface area contributed by atoms with Gasteiger partial charge in [0.15, 0.2) is 4.60 Å². The largest absolute Gasteiger partial charge is 0.307 e. The molecule has 2 aromatic heterocycles. The highest BCUT2D eigenvalue weighted by Gasteiger charge is 2.21. The van der Waals surface area contributed by atoms with Crippen LogP contribution in [-0.2, 0) is 7.05 Å². The van der Waals surface area contributed by atoms with Gasteiger partial charge >= 0.3 is 0 Å². The molecule has 6 heteroatoms. The molecule has 0 fully saturated rings. The number of aryl methyl sites for hydroxylation is 1. The summed E-state index contributed by atoms with van der Waals surface area (Å²) in [5, 5.41) is 12.5. The van der Waals surface area contributed by atoms with Crippen LogP contribution in [0.1, 0.15) is 17.4 Å². The van der Waals surface area contributed by atoms with Gasteiger partial charge in [-0.1, -0.05) is 29.5 Å². The second kappa shape index (κ2) is 5.30. The van der Waals surface area contributed by atoms with Crippen molar-refractivity contribution in [3.8, 4) is 0 Å². The molecule has 1 atom stereocenters. The van der Waals surface area contributed by atoms with Crippen molar-refractivity contribution in [1.82, 2.24) is 25.3 Å². The molecule has 20 heavy (non-hydrogen) atoms. The molecule has 1 aromatic carbocycles. The quantitative estimate of drug-likeness (QED) is 0.800. The molecule has 0 aliphatic carbocycles. The Bertz CT molecular complexity index is 733. The van der Waals surface area contributed by atoms with Crippen LogP contribution in [0.15, 0.2) is 41.0 Å². The Balaban J connectivity index is 2.12. The van der Waals surface area contributed by atoms with Crippen LogP contribution in [0.2, 0.25) is 0 Å². The summed E-state index contributed by atoms with van der Waals surface area (Å²) >= 11 is 3.44. The number of fused-ring (bicyclic) bond motifs is 1. The highest BCUT2D eigenvalue weighted by molar-refractivity contribution is 9.10. The normalized spacial score (nSPS) is 12.8. The lowest BCUT2D eigenvalue weighted by molar-refractivity contribution is 0.588. The number of rotatable bonds is 3. The lowest BCUT2D eigenvalue weighted by Gasteiger charge is -2.16. The SMILES string of the molecule is CNC(c1ccc2ccccc2n1)c1c(Br)nnn1C. The number of hydrogen-bond acceptors (Lipinski definition) is 4. The minimum atomic E-state index is -0.0611. The average Bonchev–Trinajstić information content (AvgIpc) is 2.80. The van der Waals surface area contributed by atoms with E-state index in [0.29, 0.717) is 0 Å². The summed E-state index contributed by atoms with van der Waals surface area (Å²) < 4.78 is 2.48. The van der Waals surface area contributed by atoms with Gasteiger partial charge in [-0.3, -0.25) is 4.98 Å². The zero-order valence-corrected chi connectivity index (χ0v) is 12.8. The molecule has 0 spiro atoms. The smallest absolute Gasteiger partial charge is 0.153 e. The first kappa shape index (κ1) is 13.2. The Morgan fingerprint density at radius 1 is 1.20 bits per heavy atom. The highest BCUT2D eigenvalue weighted by atomic mass is 79.9. The molecule has 1 unspecified atom stereocenters. The minimum Gasteiger partial charge on any atom is -0.307 e. The van der Waals surface area contributed by atoms with Crippen molar-refractivity contribution in [3.05, 3.63) is 52.4 Å². The third-order valence-electron chi connectivity index (χ3n) is 3.30. The van der Waals surface area contributed by atoms with E-state index in [-0.39, 0.29) is 6.04 Å². The van der Waals surface area contributed by atoms with Crippen molar-refractivity contribution >= 4 is 26.8 Å². The molecule has 0 saturated heterocycles. The van der Waals surface area contributed by atoms with Crippen LogP contribution >= 0.6 is 15.9 Å². The molecule has 0 bridgehead atoms. The predicted molar refractivity (Wildman–Crippen MR) is 81.3 cm³/mol. The van der Waals surface area contributed by atoms with E-state index < -0.39 is 0 Å². The number of pyridine rings is 1. The third-order valence-corrected chi connectivity index (χ3v) is 3.87. The maximum absolute atomic E-state index is 4.73. The lowest BCUT2D eigenvalue weighted by atomic mass is 10.1. The molecule has 5 nitrogen and oxygen atoms in total. The van der Waals surface area contributed by atoms with Gasteiger partial charge < -0.3 is 5.32 Å². The Labute approximate surface area is 125 Å². The fourth-order valence-electron chi connectivity index (χ4n) is 2.31. The maximum Gasteiger partial charge on any atom is 0.153 e. The first-order valence-electron chi connectivity index (χ1n) is 6.28. The fourth-order valence-corrected chi connectivity index (χ4v) is 2.87. The van der Waals surface area contributed by atoms with Gasteiger partial charge in [0.2, 0.25) is 0 Å². The number of halogens is 1. The van der Waals surface area contributed by atoms with E-state index in [9.17, 15) is 0 Å². The summed E-state index contributed by atoms with van der Waals surface area (Å²) in [5.74, 6) is 0. The zero-order chi connectivity index (χ0) is 14.1. The Morgan fingerprint density at radius 2 is 2.00 bits per heavy atom. The number of para-hydroxylation sites is 1. The summed E-state index contributed by atoms with van der Waals surface area (Å²) in [4.78, 5) is 4.73. The first-order valence-corrected chi connectivity index (χ1v) is 7.08. The van der Waals surface area contributed by atoms with Gasteiger partial charge in [-0.2, -0.15) is 0 Å². The molecule has 2 heterocycles. The van der Waals surface area contributed by atoms with Crippen LogP contribution in [0.25, 0.3) is 10.9 Å². The molecular formula is C14H14BrN5. The van der Waals surface area contributed by atoms with Crippen LogP contribution in [-0.4, -0.2) is 27.0 Å². The van der Waals surface area contributed by atoms with Crippen molar-refractivity contribution in [1.29, 1.82) is 0 Å². The van der Waals surface area contributed by atoms with Gasteiger partial charge in [-0.15, -0.1) is 5.10 Å². The zero-order valence-electron chi connectivity index (χ0n) is 11.2. The fraction of sp³-hybridized carbons (Fsp3) is 0.214. The molecule has 0 radical (unpaired) electrons. The van der Waals surface area contributed by atoms with Crippen LogP contribution in [0.5, 0.6) is 0 Å². The topological polar surface area (TPSA) is 55.6 Å². The second-order valence-corrected chi connectivity index (χ2v) is 5.29. The molecule has 3 rings (SSSR count). The van der Waals surface area contributed by atoms with E-state index in [0.717, 1.165) is 26.9 Å². The number of nitrogens with zero attached hydrogens (tertiary/aromatic N) is 4.